The van der Waals surface area contributed by atoms with Crippen molar-refractivity contribution in [2.45, 2.75) is 118 Å². The van der Waals surface area contributed by atoms with Crippen LogP contribution in [0.4, 0.5) is 0 Å². The summed E-state index contributed by atoms with van der Waals surface area (Å²) in [7, 11) is 0.628. The topological polar surface area (TPSA) is 179 Å². The summed E-state index contributed by atoms with van der Waals surface area (Å²) in [5.74, 6) is -3.37. The van der Waals surface area contributed by atoms with E-state index >= 15 is 0 Å². The molecule has 14 heteroatoms. The van der Waals surface area contributed by atoms with E-state index in [1.807, 2.05) is 128 Å². The number of carbonyl (C=O) groups is 4. The van der Waals surface area contributed by atoms with Crippen LogP contribution in [0.2, 0.25) is 0 Å². The predicted molar refractivity (Wildman–Crippen MR) is 249 cm³/mol. The fourth-order valence-electron chi connectivity index (χ4n) is 5.46. The number of benzene rings is 2. The minimum atomic E-state index is -0.946. The van der Waals surface area contributed by atoms with E-state index < -0.39 is 46.5 Å². The van der Waals surface area contributed by atoms with E-state index in [1.165, 1.54) is 11.1 Å². The number of hydrogen-bond donors (Lipinski definition) is 4. The number of rotatable bonds is 14. The van der Waals surface area contributed by atoms with Crippen molar-refractivity contribution in [1.29, 1.82) is 0 Å². The molecule has 0 aliphatic heterocycles. The van der Waals surface area contributed by atoms with Crippen LogP contribution >= 0.6 is 52.4 Å². The number of nitrogens with two attached hydrogens (primary N) is 2. The predicted octanol–water partition coefficient (Wildman–Crippen LogP) is 10.9. The Hall–Kier alpha value is -1.95. The number of ether oxygens (including phenoxy) is 2. The number of carboxylic acid groups (broad SMARTS) is 2. The van der Waals surface area contributed by atoms with Crippen molar-refractivity contribution in [3.05, 3.63) is 97.1 Å². The number of halogens is 3. The molecule has 58 heavy (non-hydrogen) atoms. The maximum atomic E-state index is 11.7. The molecule has 2 aromatic rings. The zero-order valence-corrected chi connectivity index (χ0v) is 41.8. The molecule has 0 aromatic heterocycles. The molecule has 2 aromatic carbocycles. The van der Waals surface area contributed by atoms with Gasteiger partial charge in [0.05, 0.1) is 24.7 Å². The normalized spacial score (nSPS) is 19.3. The van der Waals surface area contributed by atoms with Gasteiger partial charge in [-0.3, -0.25) is 19.2 Å². The van der Waals surface area contributed by atoms with E-state index in [9.17, 15) is 19.2 Å². The number of allylic oxidation sites excluding steroid dienone is 2. The molecule has 0 amide bonds. The third kappa shape index (κ3) is 26.3. The fourth-order valence-corrected chi connectivity index (χ4v) is 5.46. The van der Waals surface area contributed by atoms with Crippen LogP contribution in [0, 0.1) is 34.5 Å². The molecule has 0 heterocycles. The molecule has 0 spiro atoms. The van der Waals surface area contributed by atoms with Gasteiger partial charge in [-0.15, -0.1) is 25.6 Å². The van der Waals surface area contributed by atoms with Gasteiger partial charge in [-0.05, 0) is 61.5 Å². The Kier molecular flexibility index (Phi) is 30.2. The summed E-state index contributed by atoms with van der Waals surface area (Å²) in [6.45, 7) is 22.1. The van der Waals surface area contributed by atoms with Gasteiger partial charge in [0.25, 0.3) is 0 Å². The summed E-state index contributed by atoms with van der Waals surface area (Å²) in [5, 5.41) is 18.2. The molecule has 327 valence electrons. The first-order valence-corrected chi connectivity index (χ1v) is 28.1. The van der Waals surface area contributed by atoms with Crippen LogP contribution in [-0.4, -0.2) is 46.3 Å². The van der Waals surface area contributed by atoms with Crippen LogP contribution in [0.3, 0.4) is 0 Å². The van der Waals surface area contributed by atoms with E-state index in [1.54, 1.807) is 0 Å². The molecule has 0 unspecified atom stereocenters. The molecular formula is C44H67ClI2N2O8V. The van der Waals surface area contributed by atoms with E-state index in [-0.39, 0.29) is 49.5 Å². The van der Waals surface area contributed by atoms with Crippen LogP contribution < -0.4 is 11.5 Å². The van der Waals surface area contributed by atoms with Gasteiger partial charge >= 0.3 is 73.3 Å². The Balaban J connectivity index is 0. The monoisotopic (exact) mass is 1090 g/mol. The van der Waals surface area contributed by atoms with Gasteiger partial charge in [0.15, 0.2) is 0 Å². The van der Waals surface area contributed by atoms with Crippen molar-refractivity contribution in [1.82, 2.24) is 0 Å². The van der Waals surface area contributed by atoms with Crippen LogP contribution in [0.1, 0.15) is 117 Å². The average Bonchev–Trinajstić information content (AvgIpc) is 4.05. The van der Waals surface area contributed by atoms with Crippen LogP contribution in [0.5, 0.6) is 0 Å². The first-order valence-electron chi connectivity index (χ1n) is 19.1. The number of aliphatic carboxylic acids is 2. The molecule has 8 atom stereocenters. The number of carbonyl (C=O) groups excluding carboxylic acids is 2. The van der Waals surface area contributed by atoms with Gasteiger partial charge in [-0.25, -0.2) is 0 Å². The molecule has 4 rings (SSSR count). The van der Waals surface area contributed by atoms with E-state index in [4.69, 9.17) is 31.2 Å². The maximum absolute atomic E-state index is 11.7. The molecule has 2 saturated carbocycles. The fraction of sp³-hybridized carbons (Fsp3) is 0.545. The van der Waals surface area contributed by atoms with Crippen molar-refractivity contribution in [2.75, 3.05) is 0 Å². The summed E-state index contributed by atoms with van der Waals surface area (Å²) in [4.78, 5) is 45.6. The van der Waals surface area contributed by atoms with Gasteiger partial charge in [0, 0.05) is 23.9 Å². The summed E-state index contributed by atoms with van der Waals surface area (Å²) < 4.78 is 10.5. The van der Waals surface area contributed by atoms with Crippen LogP contribution in [0.25, 0.3) is 0 Å². The number of esters is 2. The Labute approximate surface area is 382 Å². The third-order valence-corrected chi connectivity index (χ3v) is 9.30. The quantitative estimate of drug-likeness (QED) is 0.0808. The van der Waals surface area contributed by atoms with Gasteiger partial charge in [0.2, 0.25) is 0 Å². The second kappa shape index (κ2) is 30.1. The molecule has 2 aliphatic rings. The second-order valence-corrected chi connectivity index (χ2v) is 28.3. The SMILES string of the molecule is C=CC[C@@H]1C[C@H]1OC(=O)C[C@H](C(=O)O)C(C)(C)C.C=CC[C@@H]1C[C@H]1OC(=O)C[C@H](C(=O)O)C(C)(C)C.C[C@H](N)c1ccccc1.C[C@H](N)c1ccccc1.Cl.[I][V][I]. The molecule has 2 fully saturated rings. The molecule has 0 radical (unpaired) electrons. The summed E-state index contributed by atoms with van der Waals surface area (Å²) in [6, 6.07) is 20.4. The number of carboxylic acids is 2. The zero-order valence-electron chi connectivity index (χ0n) is 35.3. The van der Waals surface area contributed by atoms with E-state index in [0.717, 1.165) is 25.7 Å². The molecule has 2 aliphatic carbocycles. The Morgan fingerprint density at radius 1 is 0.707 bits per heavy atom. The Bertz CT molecular complexity index is 1390. The van der Waals surface area contributed by atoms with Crippen LogP contribution in [-0.2, 0) is 38.1 Å². The van der Waals surface area contributed by atoms with Crippen molar-refractivity contribution < 1.29 is 48.3 Å². The summed E-state index contributed by atoms with van der Waals surface area (Å²) in [5.41, 5.74) is 12.7. The standard InChI is InChI=1S/2C14H22O4.2C8H11N.ClH.2HI.V/c2*1-5-6-9-7-11(9)18-12(15)8-10(13(16)17)14(2,3)4;2*1-7(9)8-5-3-2-4-6-8;;;;/h2*5,9-11H,1,6-8H2,2-4H3,(H,16,17);2*2-7H,9H2,1H3;3*1H;/q;;;;;;;+2/p-2/t2*9-,10-,11-;2*7-;;;;/m1100..../s1. The van der Waals surface area contributed by atoms with Crippen molar-refractivity contribution in [2.24, 2.45) is 46.0 Å². The first-order chi connectivity index (χ1) is 26.5. The molecule has 0 bridgehead atoms. The van der Waals surface area contributed by atoms with Crippen LogP contribution in [0.15, 0.2) is 86.0 Å². The second-order valence-electron chi connectivity index (χ2n) is 16.5. The van der Waals surface area contributed by atoms with Gasteiger partial charge in [0.1, 0.15) is 12.2 Å². The first kappa shape index (κ1) is 58.1. The van der Waals surface area contributed by atoms with E-state index in [2.05, 4.69) is 53.1 Å². The third-order valence-electron chi connectivity index (χ3n) is 9.30. The molecular weight excluding hydrogens is 1020 g/mol. The minimum absolute atomic E-state index is 0. The Morgan fingerprint density at radius 2 is 0.983 bits per heavy atom. The summed E-state index contributed by atoms with van der Waals surface area (Å²) in [6.07, 6.45) is 6.86. The van der Waals surface area contributed by atoms with Crippen molar-refractivity contribution in [3.63, 3.8) is 0 Å². The molecule has 0 saturated heterocycles. The molecule has 6 N–H and O–H groups in total. The van der Waals surface area contributed by atoms with Crippen molar-refractivity contribution in [3.8, 4) is 0 Å². The Morgan fingerprint density at radius 3 is 1.17 bits per heavy atom. The van der Waals surface area contributed by atoms with Gasteiger partial charge in [-0.2, -0.15) is 0 Å². The van der Waals surface area contributed by atoms with Gasteiger partial charge in [-0.1, -0.05) is 114 Å². The van der Waals surface area contributed by atoms with Crippen molar-refractivity contribution >= 4 is 76.2 Å². The summed E-state index contributed by atoms with van der Waals surface area (Å²) >= 11 is 4.74. The molecule has 10 nitrogen and oxygen atoms in total. The average molecular weight is 1090 g/mol. The zero-order chi connectivity index (χ0) is 43.9. The van der Waals surface area contributed by atoms with Gasteiger partial charge < -0.3 is 31.2 Å². The van der Waals surface area contributed by atoms with E-state index in [0.29, 0.717) is 21.3 Å². The number of hydrogen-bond acceptors (Lipinski definition) is 8.